The molecular weight excluding hydrogens is 458 g/mol. The van der Waals surface area contributed by atoms with E-state index in [0.717, 1.165) is 33.7 Å². The highest BCUT2D eigenvalue weighted by atomic mass is 79.9. The van der Waals surface area contributed by atoms with Crippen molar-refractivity contribution in [2.45, 2.75) is 16.5 Å². The number of fused-ring (bicyclic) bond motifs is 1. The SMILES string of the molecule is O=C(CSc1nc2c(c(=O)n1-c1ccccc1)SCC2)Nc1ccc(Br)cc1. The lowest BCUT2D eigenvalue weighted by atomic mass is 10.3. The standard InChI is InChI=1S/C20H16BrN3O2S2/c21-13-6-8-14(9-7-13)22-17(25)12-28-20-23-16-10-11-27-18(16)19(26)24(20)15-4-2-1-3-5-15/h1-9H,10-12H2,(H,22,25). The molecule has 4 rings (SSSR count). The molecule has 3 aromatic rings. The van der Waals surface area contributed by atoms with Crippen LogP contribution in [0.2, 0.25) is 0 Å². The molecule has 1 amide bonds. The predicted molar refractivity (Wildman–Crippen MR) is 118 cm³/mol. The van der Waals surface area contributed by atoms with Crippen LogP contribution in [0.5, 0.6) is 0 Å². The summed E-state index contributed by atoms with van der Waals surface area (Å²) in [7, 11) is 0. The van der Waals surface area contributed by atoms with Gasteiger partial charge in [0, 0.05) is 22.3 Å². The van der Waals surface area contributed by atoms with Crippen LogP contribution in [-0.2, 0) is 11.2 Å². The maximum atomic E-state index is 13.0. The number of aromatic nitrogens is 2. The minimum Gasteiger partial charge on any atom is -0.325 e. The lowest BCUT2D eigenvalue weighted by Gasteiger charge is -2.13. The molecule has 0 aliphatic carbocycles. The Bertz CT molecular complexity index is 1070. The maximum absolute atomic E-state index is 13.0. The molecule has 0 fully saturated rings. The quantitative estimate of drug-likeness (QED) is 0.440. The highest BCUT2D eigenvalue weighted by Crippen LogP contribution is 2.30. The molecule has 8 heteroatoms. The van der Waals surface area contributed by atoms with E-state index in [4.69, 9.17) is 4.98 Å². The number of nitrogens with one attached hydrogen (secondary N) is 1. The van der Waals surface area contributed by atoms with Gasteiger partial charge in [0.25, 0.3) is 5.56 Å². The lowest BCUT2D eigenvalue weighted by Crippen LogP contribution is -2.24. The van der Waals surface area contributed by atoms with E-state index >= 15 is 0 Å². The van der Waals surface area contributed by atoms with Crippen molar-refractivity contribution >= 4 is 51.0 Å². The number of carbonyl (C=O) groups excluding carboxylic acids is 1. The molecule has 142 valence electrons. The molecule has 1 N–H and O–H groups in total. The largest absolute Gasteiger partial charge is 0.325 e. The number of halogens is 1. The van der Waals surface area contributed by atoms with Crippen molar-refractivity contribution < 1.29 is 4.79 Å². The molecule has 0 unspecified atom stereocenters. The van der Waals surface area contributed by atoms with Gasteiger partial charge in [-0.3, -0.25) is 14.2 Å². The summed E-state index contributed by atoms with van der Waals surface area (Å²) in [6.45, 7) is 0. The van der Waals surface area contributed by atoms with E-state index in [1.807, 2.05) is 54.6 Å². The summed E-state index contributed by atoms with van der Waals surface area (Å²) in [6.07, 6.45) is 0.781. The van der Waals surface area contributed by atoms with Gasteiger partial charge in [-0.05, 0) is 36.4 Å². The second-order valence-corrected chi connectivity index (χ2v) is 9.05. The normalized spacial score (nSPS) is 12.6. The maximum Gasteiger partial charge on any atom is 0.272 e. The zero-order chi connectivity index (χ0) is 19.5. The third kappa shape index (κ3) is 4.19. The Morgan fingerprint density at radius 2 is 1.93 bits per heavy atom. The van der Waals surface area contributed by atoms with Gasteiger partial charge in [-0.2, -0.15) is 0 Å². The van der Waals surface area contributed by atoms with Crippen molar-refractivity contribution in [2.24, 2.45) is 0 Å². The number of nitrogens with zero attached hydrogens (tertiary/aromatic N) is 2. The Kier molecular flexibility index (Phi) is 5.89. The molecule has 0 radical (unpaired) electrons. The molecule has 0 saturated carbocycles. The fourth-order valence-corrected chi connectivity index (χ4v) is 4.97. The molecule has 2 aromatic carbocycles. The van der Waals surface area contributed by atoms with Crippen molar-refractivity contribution in [1.29, 1.82) is 0 Å². The molecule has 0 bridgehead atoms. The molecular formula is C20H16BrN3O2S2. The van der Waals surface area contributed by atoms with E-state index in [2.05, 4.69) is 21.2 Å². The van der Waals surface area contributed by atoms with Crippen LogP contribution >= 0.6 is 39.5 Å². The summed E-state index contributed by atoms with van der Waals surface area (Å²) in [5, 5.41) is 3.41. The van der Waals surface area contributed by atoms with Crippen LogP contribution < -0.4 is 10.9 Å². The lowest BCUT2D eigenvalue weighted by molar-refractivity contribution is -0.113. The van der Waals surface area contributed by atoms with Gasteiger partial charge in [0.05, 0.1) is 22.0 Å². The molecule has 2 heterocycles. The van der Waals surface area contributed by atoms with Gasteiger partial charge in [0.15, 0.2) is 5.16 Å². The van der Waals surface area contributed by atoms with Crippen LogP contribution in [0.4, 0.5) is 5.69 Å². The Morgan fingerprint density at radius 3 is 2.68 bits per heavy atom. The van der Waals surface area contributed by atoms with Gasteiger partial charge in [0.1, 0.15) is 0 Å². The highest BCUT2D eigenvalue weighted by Gasteiger charge is 2.22. The molecule has 1 aromatic heterocycles. The molecule has 1 aliphatic rings. The number of carbonyl (C=O) groups is 1. The summed E-state index contributed by atoms with van der Waals surface area (Å²) in [5.41, 5.74) is 2.26. The third-order valence-electron chi connectivity index (χ3n) is 4.14. The molecule has 0 spiro atoms. The number of rotatable bonds is 5. The average molecular weight is 474 g/mol. The first-order valence-electron chi connectivity index (χ1n) is 8.64. The van der Waals surface area contributed by atoms with Gasteiger partial charge < -0.3 is 5.32 Å². The van der Waals surface area contributed by atoms with Gasteiger partial charge in [-0.25, -0.2) is 4.98 Å². The number of anilines is 1. The van der Waals surface area contributed by atoms with Crippen molar-refractivity contribution in [3.63, 3.8) is 0 Å². The Morgan fingerprint density at radius 1 is 1.18 bits per heavy atom. The van der Waals surface area contributed by atoms with E-state index in [9.17, 15) is 9.59 Å². The minimum atomic E-state index is -0.143. The summed E-state index contributed by atoms with van der Waals surface area (Å²) in [4.78, 5) is 30.8. The van der Waals surface area contributed by atoms with Crippen LogP contribution in [0.3, 0.4) is 0 Å². The molecule has 28 heavy (non-hydrogen) atoms. The van der Waals surface area contributed by atoms with Crippen molar-refractivity contribution in [3.05, 3.63) is 75.1 Å². The third-order valence-corrected chi connectivity index (χ3v) is 6.72. The van der Waals surface area contributed by atoms with Crippen molar-refractivity contribution in [3.8, 4) is 5.69 Å². The molecule has 5 nitrogen and oxygen atoms in total. The van der Waals surface area contributed by atoms with Gasteiger partial charge in [0.2, 0.25) is 5.91 Å². The molecule has 0 saturated heterocycles. The second-order valence-electron chi connectivity index (χ2n) is 6.09. The number of hydrogen-bond acceptors (Lipinski definition) is 5. The first-order valence-corrected chi connectivity index (χ1v) is 11.4. The number of thioether (sulfide) groups is 2. The van der Waals surface area contributed by atoms with Crippen LogP contribution in [0, 0.1) is 0 Å². The summed E-state index contributed by atoms with van der Waals surface area (Å²) in [6, 6.07) is 16.8. The number of amides is 1. The Balaban J connectivity index is 1.59. The zero-order valence-corrected chi connectivity index (χ0v) is 17.9. The van der Waals surface area contributed by atoms with E-state index in [1.54, 1.807) is 16.3 Å². The summed E-state index contributed by atoms with van der Waals surface area (Å²) < 4.78 is 2.56. The predicted octanol–water partition coefficient (Wildman–Crippen LogP) is 4.37. The second kappa shape index (κ2) is 8.55. The topological polar surface area (TPSA) is 64.0 Å². The van der Waals surface area contributed by atoms with E-state index in [0.29, 0.717) is 10.1 Å². The first-order chi connectivity index (χ1) is 13.6. The average Bonchev–Trinajstić information content (AvgIpc) is 3.18. The van der Waals surface area contributed by atoms with E-state index < -0.39 is 0 Å². The molecule has 0 atom stereocenters. The highest BCUT2D eigenvalue weighted by molar-refractivity contribution is 9.10. The fourth-order valence-electron chi connectivity index (χ4n) is 2.85. The van der Waals surface area contributed by atoms with Gasteiger partial charge in [-0.1, -0.05) is 45.9 Å². The molecule has 1 aliphatic heterocycles. The monoisotopic (exact) mass is 473 g/mol. The zero-order valence-electron chi connectivity index (χ0n) is 14.7. The Labute approximate surface area is 179 Å². The van der Waals surface area contributed by atoms with Crippen molar-refractivity contribution in [1.82, 2.24) is 9.55 Å². The number of benzene rings is 2. The van der Waals surface area contributed by atoms with Crippen LogP contribution in [-0.4, -0.2) is 27.0 Å². The van der Waals surface area contributed by atoms with Crippen LogP contribution in [0.1, 0.15) is 5.69 Å². The van der Waals surface area contributed by atoms with Crippen LogP contribution in [0.15, 0.2) is 73.9 Å². The first kappa shape index (κ1) is 19.3. The fraction of sp³-hybridized carbons (Fsp3) is 0.150. The number of aryl methyl sites for hydroxylation is 1. The summed E-state index contributed by atoms with van der Waals surface area (Å²) in [5.74, 6) is 0.891. The minimum absolute atomic E-state index is 0.0606. The number of hydrogen-bond donors (Lipinski definition) is 1. The number of para-hydroxylation sites is 1. The van der Waals surface area contributed by atoms with E-state index in [1.165, 1.54) is 11.8 Å². The Hall–Kier alpha value is -2.03. The smallest absolute Gasteiger partial charge is 0.272 e. The van der Waals surface area contributed by atoms with E-state index in [-0.39, 0.29) is 17.2 Å². The van der Waals surface area contributed by atoms with Gasteiger partial charge in [-0.15, -0.1) is 11.8 Å². The summed E-state index contributed by atoms with van der Waals surface area (Å²) >= 11 is 6.20. The van der Waals surface area contributed by atoms with Gasteiger partial charge >= 0.3 is 0 Å². The van der Waals surface area contributed by atoms with Crippen molar-refractivity contribution in [2.75, 3.05) is 16.8 Å². The van der Waals surface area contributed by atoms with Crippen LogP contribution in [0.25, 0.3) is 5.69 Å².